The Morgan fingerprint density at radius 3 is 2.47 bits per heavy atom. The van der Waals surface area contributed by atoms with Crippen LogP contribution in [0.2, 0.25) is 0 Å². The molecule has 0 N–H and O–H groups in total. The van der Waals surface area contributed by atoms with E-state index in [2.05, 4.69) is 0 Å². The third kappa shape index (κ3) is 1.57. The molecule has 0 radical (unpaired) electrons. The molecule has 3 heteroatoms. The fourth-order valence-electron chi connectivity index (χ4n) is 2.04. The van der Waals surface area contributed by atoms with Crippen LogP contribution in [-0.4, -0.2) is 19.3 Å². The number of anilines is 1. The highest BCUT2D eigenvalue weighted by atomic mass is 16.7. The molecule has 3 nitrogen and oxygen atoms in total. The van der Waals surface area contributed by atoms with Crippen LogP contribution < -0.4 is 9.80 Å². The summed E-state index contributed by atoms with van der Waals surface area (Å²) < 4.78 is 5.13. The molecule has 2 fully saturated rings. The largest absolute Gasteiger partial charge is 0.497 e. The maximum Gasteiger partial charge on any atom is 0.119 e. The minimum Gasteiger partial charge on any atom is -0.497 e. The molecule has 1 aliphatic heterocycles. The van der Waals surface area contributed by atoms with E-state index in [0.29, 0.717) is 0 Å². The standard InChI is InChI=1S/C12H15NO2/c1-14-11-4-2-10(3-5-11)13-9-8-12(15-13)6-7-12/h2-5H,6-9H2,1H3. The summed E-state index contributed by atoms with van der Waals surface area (Å²) in [5.41, 5.74) is 1.33. The number of benzene rings is 1. The second kappa shape index (κ2) is 3.14. The number of nitrogens with zero attached hydrogens (tertiary/aromatic N) is 1. The average Bonchev–Trinajstić information content (AvgIpc) is 2.90. The summed E-state index contributed by atoms with van der Waals surface area (Å²) in [6.07, 6.45) is 3.61. The number of hydrogen-bond acceptors (Lipinski definition) is 3. The van der Waals surface area contributed by atoms with Crippen LogP contribution in [0.25, 0.3) is 0 Å². The minimum atomic E-state index is 0.208. The molecule has 3 rings (SSSR count). The van der Waals surface area contributed by atoms with Gasteiger partial charge < -0.3 is 4.74 Å². The molecule has 2 aliphatic rings. The molecule has 0 bridgehead atoms. The fourth-order valence-corrected chi connectivity index (χ4v) is 2.04. The molecule has 0 unspecified atom stereocenters. The molecule has 1 heterocycles. The first-order valence-corrected chi connectivity index (χ1v) is 5.42. The zero-order valence-corrected chi connectivity index (χ0v) is 8.90. The van der Waals surface area contributed by atoms with Gasteiger partial charge >= 0.3 is 0 Å². The third-order valence-electron chi connectivity index (χ3n) is 3.24. The molecule has 15 heavy (non-hydrogen) atoms. The lowest BCUT2D eigenvalue weighted by molar-refractivity contribution is 0.0684. The van der Waals surface area contributed by atoms with Gasteiger partial charge in [0.05, 0.1) is 18.4 Å². The van der Waals surface area contributed by atoms with Crippen LogP contribution in [0.4, 0.5) is 5.69 Å². The fraction of sp³-hybridized carbons (Fsp3) is 0.500. The number of methoxy groups -OCH3 is 1. The number of hydrogen-bond donors (Lipinski definition) is 0. The zero-order valence-electron chi connectivity index (χ0n) is 8.90. The van der Waals surface area contributed by atoms with Crippen LogP contribution in [0, 0.1) is 0 Å². The molecule has 1 aromatic carbocycles. The van der Waals surface area contributed by atoms with Gasteiger partial charge in [-0.05, 0) is 43.5 Å². The van der Waals surface area contributed by atoms with E-state index < -0.39 is 0 Å². The first-order chi connectivity index (χ1) is 7.31. The molecule has 1 aliphatic carbocycles. The number of rotatable bonds is 2. The Kier molecular flexibility index (Phi) is 1.89. The van der Waals surface area contributed by atoms with Gasteiger partial charge in [-0.15, -0.1) is 0 Å². The number of ether oxygens (including phenoxy) is 1. The molecule has 1 saturated heterocycles. The Labute approximate surface area is 89.6 Å². The van der Waals surface area contributed by atoms with Crippen molar-refractivity contribution in [2.24, 2.45) is 0 Å². The SMILES string of the molecule is COc1ccc(N2CCC3(CC3)O2)cc1. The normalized spacial score (nSPS) is 22.1. The van der Waals surface area contributed by atoms with Crippen molar-refractivity contribution >= 4 is 5.69 Å². The van der Waals surface area contributed by atoms with Gasteiger partial charge in [0.25, 0.3) is 0 Å². The monoisotopic (exact) mass is 205 g/mol. The summed E-state index contributed by atoms with van der Waals surface area (Å²) in [5.74, 6) is 0.888. The van der Waals surface area contributed by atoms with E-state index in [1.54, 1.807) is 7.11 Å². The predicted octanol–water partition coefficient (Wildman–Crippen LogP) is 2.37. The number of hydroxylamine groups is 1. The van der Waals surface area contributed by atoms with Crippen LogP contribution in [0.5, 0.6) is 5.75 Å². The maximum absolute atomic E-state index is 5.91. The van der Waals surface area contributed by atoms with Crippen molar-refractivity contribution in [3.63, 3.8) is 0 Å². The van der Waals surface area contributed by atoms with Crippen molar-refractivity contribution in [1.82, 2.24) is 0 Å². The molecule has 0 amide bonds. The molecular weight excluding hydrogens is 190 g/mol. The quantitative estimate of drug-likeness (QED) is 0.739. The predicted molar refractivity (Wildman–Crippen MR) is 58.0 cm³/mol. The topological polar surface area (TPSA) is 21.7 Å². The van der Waals surface area contributed by atoms with Crippen molar-refractivity contribution in [3.05, 3.63) is 24.3 Å². The maximum atomic E-state index is 5.91. The molecule has 0 atom stereocenters. The average molecular weight is 205 g/mol. The van der Waals surface area contributed by atoms with Gasteiger partial charge in [-0.3, -0.25) is 9.90 Å². The Bertz CT molecular complexity index is 356. The summed E-state index contributed by atoms with van der Waals surface area (Å²) in [6.45, 7) is 1.01. The lowest BCUT2D eigenvalue weighted by Gasteiger charge is -2.18. The Morgan fingerprint density at radius 2 is 1.93 bits per heavy atom. The van der Waals surface area contributed by atoms with E-state index in [-0.39, 0.29) is 5.60 Å². The van der Waals surface area contributed by atoms with Gasteiger partial charge in [0.15, 0.2) is 0 Å². The van der Waals surface area contributed by atoms with Crippen molar-refractivity contribution in [3.8, 4) is 5.75 Å². The smallest absolute Gasteiger partial charge is 0.119 e. The van der Waals surface area contributed by atoms with E-state index in [4.69, 9.17) is 9.57 Å². The van der Waals surface area contributed by atoms with Gasteiger partial charge in [0.2, 0.25) is 0 Å². The van der Waals surface area contributed by atoms with Gasteiger partial charge in [0, 0.05) is 6.54 Å². The first-order valence-electron chi connectivity index (χ1n) is 5.42. The van der Waals surface area contributed by atoms with Crippen molar-refractivity contribution in [1.29, 1.82) is 0 Å². The van der Waals surface area contributed by atoms with E-state index in [1.165, 1.54) is 19.3 Å². The molecule has 1 saturated carbocycles. The highest BCUT2D eigenvalue weighted by Gasteiger charge is 2.50. The Hall–Kier alpha value is -1.22. The zero-order chi connectivity index (χ0) is 10.3. The lowest BCUT2D eigenvalue weighted by Crippen LogP contribution is -2.18. The molecular formula is C12H15NO2. The van der Waals surface area contributed by atoms with Gasteiger partial charge in [-0.2, -0.15) is 0 Å². The van der Waals surface area contributed by atoms with Gasteiger partial charge in [-0.1, -0.05) is 0 Å². The van der Waals surface area contributed by atoms with Crippen LogP contribution in [0.15, 0.2) is 24.3 Å². The van der Waals surface area contributed by atoms with Crippen molar-refractivity contribution < 1.29 is 9.57 Å². The molecule has 1 aromatic rings. The van der Waals surface area contributed by atoms with Crippen LogP contribution in [-0.2, 0) is 4.84 Å². The van der Waals surface area contributed by atoms with E-state index in [0.717, 1.165) is 18.0 Å². The van der Waals surface area contributed by atoms with Crippen LogP contribution >= 0.6 is 0 Å². The first kappa shape index (κ1) is 9.04. The second-order valence-electron chi connectivity index (χ2n) is 4.32. The van der Waals surface area contributed by atoms with Crippen molar-refractivity contribution in [2.75, 3.05) is 18.7 Å². The van der Waals surface area contributed by atoms with Crippen LogP contribution in [0.3, 0.4) is 0 Å². The molecule has 1 spiro atoms. The molecule has 0 aromatic heterocycles. The van der Waals surface area contributed by atoms with Crippen LogP contribution in [0.1, 0.15) is 19.3 Å². The third-order valence-corrected chi connectivity index (χ3v) is 3.24. The second-order valence-corrected chi connectivity index (χ2v) is 4.32. The highest BCUT2D eigenvalue weighted by molar-refractivity contribution is 5.48. The summed E-state index contributed by atoms with van der Waals surface area (Å²) in [4.78, 5) is 5.91. The Balaban J connectivity index is 1.75. The van der Waals surface area contributed by atoms with E-state index >= 15 is 0 Å². The highest BCUT2D eigenvalue weighted by Crippen LogP contribution is 2.48. The summed E-state index contributed by atoms with van der Waals surface area (Å²) in [5, 5.41) is 2.01. The minimum absolute atomic E-state index is 0.208. The van der Waals surface area contributed by atoms with E-state index in [1.807, 2.05) is 29.3 Å². The van der Waals surface area contributed by atoms with E-state index in [9.17, 15) is 0 Å². The Morgan fingerprint density at radius 1 is 1.20 bits per heavy atom. The van der Waals surface area contributed by atoms with Gasteiger partial charge in [0.1, 0.15) is 5.75 Å². The molecule has 80 valence electrons. The summed E-state index contributed by atoms with van der Waals surface area (Å²) in [7, 11) is 1.68. The lowest BCUT2D eigenvalue weighted by atomic mass is 10.2. The summed E-state index contributed by atoms with van der Waals surface area (Å²) in [6, 6.07) is 8.02. The van der Waals surface area contributed by atoms with Gasteiger partial charge in [-0.25, -0.2) is 0 Å². The van der Waals surface area contributed by atoms with Crippen molar-refractivity contribution in [2.45, 2.75) is 24.9 Å². The summed E-state index contributed by atoms with van der Waals surface area (Å²) >= 11 is 0.